The van der Waals surface area contributed by atoms with Gasteiger partial charge in [-0.25, -0.2) is 8.78 Å². The Bertz CT molecular complexity index is 666. The fourth-order valence-corrected chi connectivity index (χ4v) is 2.23. The van der Waals surface area contributed by atoms with Crippen molar-refractivity contribution in [1.29, 1.82) is 0 Å². The van der Waals surface area contributed by atoms with Crippen LogP contribution < -0.4 is 5.32 Å². The molecule has 2 aromatic rings. The summed E-state index contributed by atoms with van der Waals surface area (Å²) >= 11 is 0. The van der Waals surface area contributed by atoms with Crippen LogP contribution in [0.2, 0.25) is 0 Å². The Morgan fingerprint density at radius 2 is 2.29 bits per heavy atom. The molecule has 1 aliphatic heterocycles. The second-order valence-corrected chi connectivity index (χ2v) is 4.76. The average Bonchev–Trinajstić information content (AvgIpc) is 3.13. The number of H-pyrrole nitrogens is 1. The van der Waals surface area contributed by atoms with E-state index in [1.807, 2.05) is 0 Å². The van der Waals surface area contributed by atoms with Crippen LogP contribution in [0.1, 0.15) is 12.8 Å². The Balaban J connectivity index is 1.77. The van der Waals surface area contributed by atoms with Gasteiger partial charge in [0.05, 0.1) is 5.69 Å². The van der Waals surface area contributed by atoms with Crippen LogP contribution in [0.25, 0.3) is 11.3 Å². The van der Waals surface area contributed by atoms with E-state index in [0.29, 0.717) is 13.0 Å². The molecule has 110 valence electrons. The van der Waals surface area contributed by atoms with E-state index in [1.54, 1.807) is 0 Å². The van der Waals surface area contributed by atoms with Crippen LogP contribution in [0, 0.1) is 11.6 Å². The zero-order chi connectivity index (χ0) is 14.8. The van der Waals surface area contributed by atoms with Gasteiger partial charge in [0.25, 0.3) is 5.91 Å². The van der Waals surface area contributed by atoms with Crippen LogP contribution in [-0.4, -0.2) is 28.8 Å². The van der Waals surface area contributed by atoms with E-state index >= 15 is 0 Å². The number of rotatable bonds is 3. The van der Waals surface area contributed by atoms with Gasteiger partial charge in [0, 0.05) is 18.2 Å². The molecule has 7 heteroatoms. The van der Waals surface area contributed by atoms with Crippen molar-refractivity contribution in [2.75, 3.05) is 11.9 Å². The summed E-state index contributed by atoms with van der Waals surface area (Å²) in [6, 6.07) is 5.32. The summed E-state index contributed by atoms with van der Waals surface area (Å²) in [4.78, 5) is 11.9. The van der Waals surface area contributed by atoms with Gasteiger partial charge in [0.15, 0.2) is 17.5 Å². The van der Waals surface area contributed by atoms with Crippen molar-refractivity contribution >= 4 is 11.7 Å². The molecule has 1 atom stereocenters. The lowest BCUT2D eigenvalue weighted by Crippen LogP contribution is -2.26. The second-order valence-electron chi connectivity index (χ2n) is 4.76. The number of hydrogen-bond donors (Lipinski definition) is 2. The van der Waals surface area contributed by atoms with Gasteiger partial charge in [-0.2, -0.15) is 5.10 Å². The Morgan fingerprint density at radius 3 is 3.05 bits per heavy atom. The molecule has 2 N–H and O–H groups in total. The monoisotopic (exact) mass is 293 g/mol. The molecule has 1 amide bonds. The smallest absolute Gasteiger partial charge is 0.254 e. The first-order valence-corrected chi connectivity index (χ1v) is 6.57. The predicted molar refractivity (Wildman–Crippen MR) is 71.5 cm³/mol. The maximum absolute atomic E-state index is 13.7. The van der Waals surface area contributed by atoms with E-state index in [9.17, 15) is 13.6 Å². The Hall–Kier alpha value is -2.28. The molecule has 0 radical (unpaired) electrons. The van der Waals surface area contributed by atoms with E-state index in [-0.39, 0.29) is 23.0 Å². The van der Waals surface area contributed by atoms with Crippen LogP contribution in [0.3, 0.4) is 0 Å². The molecule has 3 rings (SSSR count). The molecule has 2 heterocycles. The predicted octanol–water partition coefficient (Wildman–Crippen LogP) is 2.47. The molecule has 0 saturated carbocycles. The minimum Gasteiger partial charge on any atom is -0.368 e. The number of aromatic nitrogens is 2. The van der Waals surface area contributed by atoms with Gasteiger partial charge in [0.2, 0.25) is 0 Å². The minimum atomic E-state index is -0.960. The maximum Gasteiger partial charge on any atom is 0.254 e. The van der Waals surface area contributed by atoms with E-state index < -0.39 is 17.7 Å². The van der Waals surface area contributed by atoms with Crippen molar-refractivity contribution in [2.24, 2.45) is 0 Å². The van der Waals surface area contributed by atoms with Crippen molar-refractivity contribution < 1.29 is 18.3 Å². The number of carbonyl (C=O) groups is 1. The number of halogens is 2. The molecule has 21 heavy (non-hydrogen) atoms. The van der Waals surface area contributed by atoms with Crippen LogP contribution >= 0.6 is 0 Å². The van der Waals surface area contributed by atoms with Gasteiger partial charge in [-0.3, -0.25) is 9.89 Å². The van der Waals surface area contributed by atoms with Gasteiger partial charge >= 0.3 is 0 Å². The van der Waals surface area contributed by atoms with Crippen LogP contribution in [0.15, 0.2) is 24.3 Å². The Kier molecular flexibility index (Phi) is 3.66. The van der Waals surface area contributed by atoms with Gasteiger partial charge in [-0.1, -0.05) is 6.07 Å². The summed E-state index contributed by atoms with van der Waals surface area (Å²) in [5.74, 6) is -1.94. The van der Waals surface area contributed by atoms with Gasteiger partial charge < -0.3 is 10.1 Å². The van der Waals surface area contributed by atoms with Crippen molar-refractivity contribution in [3.05, 3.63) is 35.9 Å². The second kappa shape index (κ2) is 5.61. The molecule has 1 aromatic carbocycles. The molecule has 1 fully saturated rings. The number of nitrogens with one attached hydrogen (secondary N) is 2. The standard InChI is InChI=1S/C14H13F2N3O2/c15-9-4-1-3-8(13(9)16)10-7-12(19-18-10)17-14(20)11-5-2-6-21-11/h1,3-4,7,11H,2,5-6H2,(H2,17,18,19,20)/t11-/m0/s1. The number of anilines is 1. The zero-order valence-electron chi connectivity index (χ0n) is 11.0. The van der Waals surface area contributed by atoms with Crippen LogP contribution in [-0.2, 0) is 9.53 Å². The molecular formula is C14H13F2N3O2. The third-order valence-electron chi connectivity index (χ3n) is 3.29. The Labute approximate surface area is 119 Å². The lowest BCUT2D eigenvalue weighted by atomic mass is 10.1. The molecule has 0 spiro atoms. The molecule has 5 nitrogen and oxygen atoms in total. The van der Waals surface area contributed by atoms with E-state index in [1.165, 1.54) is 18.2 Å². The number of nitrogens with zero attached hydrogens (tertiary/aromatic N) is 1. The van der Waals surface area contributed by atoms with Crippen molar-refractivity contribution in [3.8, 4) is 11.3 Å². The average molecular weight is 293 g/mol. The maximum atomic E-state index is 13.7. The molecule has 0 unspecified atom stereocenters. The summed E-state index contributed by atoms with van der Waals surface area (Å²) in [5.41, 5.74) is 0.342. The molecule has 1 saturated heterocycles. The fraction of sp³-hybridized carbons (Fsp3) is 0.286. The number of aromatic amines is 1. The lowest BCUT2D eigenvalue weighted by Gasteiger charge is -2.07. The zero-order valence-corrected chi connectivity index (χ0v) is 11.0. The van der Waals surface area contributed by atoms with Crippen molar-refractivity contribution in [2.45, 2.75) is 18.9 Å². The molecule has 1 aromatic heterocycles. The van der Waals surface area contributed by atoms with Gasteiger partial charge in [-0.05, 0) is 25.0 Å². The summed E-state index contributed by atoms with van der Waals surface area (Å²) < 4.78 is 32.1. The lowest BCUT2D eigenvalue weighted by molar-refractivity contribution is -0.124. The number of amides is 1. The minimum absolute atomic E-state index is 0.0557. The quantitative estimate of drug-likeness (QED) is 0.913. The van der Waals surface area contributed by atoms with Gasteiger partial charge in [-0.15, -0.1) is 0 Å². The third kappa shape index (κ3) is 2.78. The molecule has 0 aliphatic carbocycles. The Morgan fingerprint density at radius 1 is 1.43 bits per heavy atom. The highest BCUT2D eigenvalue weighted by molar-refractivity contribution is 5.93. The highest BCUT2D eigenvalue weighted by atomic mass is 19.2. The summed E-state index contributed by atoms with van der Waals surface area (Å²) in [5, 5.41) is 9.03. The third-order valence-corrected chi connectivity index (χ3v) is 3.29. The van der Waals surface area contributed by atoms with E-state index in [0.717, 1.165) is 12.5 Å². The fourth-order valence-electron chi connectivity index (χ4n) is 2.23. The summed E-state index contributed by atoms with van der Waals surface area (Å²) in [6.45, 7) is 0.568. The largest absolute Gasteiger partial charge is 0.368 e. The first-order valence-electron chi connectivity index (χ1n) is 6.57. The van der Waals surface area contributed by atoms with Crippen molar-refractivity contribution in [1.82, 2.24) is 10.2 Å². The normalized spacial score (nSPS) is 17.9. The highest BCUT2D eigenvalue weighted by Gasteiger charge is 2.24. The number of ether oxygens (including phenoxy) is 1. The van der Waals surface area contributed by atoms with Crippen molar-refractivity contribution in [3.63, 3.8) is 0 Å². The summed E-state index contributed by atoms with van der Waals surface area (Å²) in [7, 11) is 0. The molecular weight excluding hydrogens is 280 g/mol. The highest BCUT2D eigenvalue weighted by Crippen LogP contribution is 2.24. The number of carbonyl (C=O) groups excluding carboxylic acids is 1. The topological polar surface area (TPSA) is 67.0 Å². The number of hydrogen-bond acceptors (Lipinski definition) is 3. The molecule has 0 bridgehead atoms. The van der Waals surface area contributed by atoms with Crippen LogP contribution in [0.4, 0.5) is 14.6 Å². The van der Waals surface area contributed by atoms with E-state index in [2.05, 4.69) is 15.5 Å². The first kappa shape index (κ1) is 13.7. The van der Waals surface area contributed by atoms with Crippen LogP contribution in [0.5, 0.6) is 0 Å². The SMILES string of the molecule is O=C(Nc1cc(-c2cccc(F)c2F)[nH]n1)[C@@H]1CCCO1. The first-order chi connectivity index (χ1) is 10.1. The number of benzene rings is 1. The molecule has 1 aliphatic rings. The summed E-state index contributed by atoms with van der Waals surface area (Å²) in [6.07, 6.45) is 1.04. The van der Waals surface area contributed by atoms with Gasteiger partial charge in [0.1, 0.15) is 6.10 Å². The van der Waals surface area contributed by atoms with E-state index in [4.69, 9.17) is 4.74 Å².